The Hall–Kier alpha value is -1.97. The van der Waals surface area contributed by atoms with Crippen LogP contribution in [0.25, 0.3) is 10.9 Å². The van der Waals surface area contributed by atoms with Gasteiger partial charge in [0.1, 0.15) is 0 Å². The highest BCUT2D eigenvalue weighted by atomic mass is 16.2. The molecule has 1 aromatic heterocycles. The molecule has 19 heavy (non-hydrogen) atoms. The molecular weight excluding hydrogens is 238 g/mol. The van der Waals surface area contributed by atoms with Gasteiger partial charge < -0.3 is 15.6 Å². The molecule has 0 bridgehead atoms. The molecule has 1 heterocycles. The van der Waals surface area contributed by atoms with Crippen molar-refractivity contribution in [2.24, 2.45) is 0 Å². The van der Waals surface area contributed by atoms with Crippen LogP contribution in [0.2, 0.25) is 0 Å². The lowest BCUT2D eigenvalue weighted by molar-refractivity contribution is 0.0745. The van der Waals surface area contributed by atoms with Crippen LogP contribution < -0.4 is 5.73 Å². The Labute approximate surface area is 112 Å². The highest BCUT2D eigenvalue weighted by Gasteiger charge is 2.33. The van der Waals surface area contributed by atoms with Crippen molar-refractivity contribution in [3.8, 4) is 0 Å². The molecule has 1 saturated carbocycles. The fraction of sp³-hybridized carbons (Fsp3) is 0.400. The SMILES string of the molecule is CCCN(C(=O)c1c[nH]c2ccc(N)cc12)C1CC1. The fourth-order valence-corrected chi connectivity index (χ4v) is 2.55. The number of rotatable bonds is 4. The number of carbonyl (C=O) groups excluding carboxylic acids is 1. The Morgan fingerprint density at radius 1 is 1.47 bits per heavy atom. The number of nitrogens with one attached hydrogen (secondary N) is 1. The van der Waals surface area contributed by atoms with Gasteiger partial charge in [0.2, 0.25) is 0 Å². The number of aromatic amines is 1. The molecule has 0 spiro atoms. The minimum absolute atomic E-state index is 0.126. The summed E-state index contributed by atoms with van der Waals surface area (Å²) < 4.78 is 0. The van der Waals surface area contributed by atoms with Crippen molar-refractivity contribution in [2.45, 2.75) is 32.2 Å². The van der Waals surface area contributed by atoms with Crippen LogP contribution >= 0.6 is 0 Å². The highest BCUT2D eigenvalue weighted by Crippen LogP contribution is 2.30. The Kier molecular flexibility index (Phi) is 2.93. The Balaban J connectivity index is 1.98. The van der Waals surface area contributed by atoms with E-state index in [4.69, 9.17) is 5.73 Å². The number of amides is 1. The number of nitrogen functional groups attached to an aromatic ring is 1. The van der Waals surface area contributed by atoms with Crippen LogP contribution in [0.4, 0.5) is 5.69 Å². The molecule has 0 aliphatic heterocycles. The summed E-state index contributed by atoms with van der Waals surface area (Å²) in [6.45, 7) is 2.94. The summed E-state index contributed by atoms with van der Waals surface area (Å²) in [5.41, 5.74) is 8.21. The molecule has 4 nitrogen and oxygen atoms in total. The van der Waals surface area contributed by atoms with E-state index in [-0.39, 0.29) is 5.91 Å². The number of benzene rings is 1. The summed E-state index contributed by atoms with van der Waals surface area (Å²) in [7, 11) is 0. The largest absolute Gasteiger partial charge is 0.399 e. The van der Waals surface area contributed by atoms with Gasteiger partial charge in [-0.15, -0.1) is 0 Å². The number of hydrogen-bond donors (Lipinski definition) is 2. The maximum atomic E-state index is 12.7. The molecule has 0 atom stereocenters. The minimum atomic E-state index is 0.126. The number of aromatic nitrogens is 1. The van der Waals surface area contributed by atoms with Gasteiger partial charge in [-0.2, -0.15) is 0 Å². The molecule has 3 rings (SSSR count). The number of hydrogen-bond acceptors (Lipinski definition) is 2. The highest BCUT2D eigenvalue weighted by molar-refractivity contribution is 6.07. The number of H-pyrrole nitrogens is 1. The van der Waals surface area contributed by atoms with Gasteiger partial charge in [0.05, 0.1) is 5.56 Å². The van der Waals surface area contributed by atoms with Gasteiger partial charge in [0.25, 0.3) is 5.91 Å². The van der Waals surface area contributed by atoms with E-state index in [0.29, 0.717) is 11.7 Å². The normalized spacial score (nSPS) is 14.8. The molecule has 0 saturated heterocycles. The molecule has 1 fully saturated rings. The van der Waals surface area contributed by atoms with Crippen molar-refractivity contribution in [1.29, 1.82) is 0 Å². The maximum Gasteiger partial charge on any atom is 0.256 e. The summed E-state index contributed by atoms with van der Waals surface area (Å²) in [4.78, 5) is 17.8. The summed E-state index contributed by atoms with van der Waals surface area (Å²) in [6, 6.07) is 6.08. The van der Waals surface area contributed by atoms with Crippen molar-refractivity contribution in [2.75, 3.05) is 12.3 Å². The molecular formula is C15H19N3O. The third kappa shape index (κ3) is 2.18. The summed E-state index contributed by atoms with van der Waals surface area (Å²) in [5.74, 6) is 0.126. The lowest BCUT2D eigenvalue weighted by Crippen LogP contribution is -2.33. The van der Waals surface area contributed by atoms with E-state index in [1.807, 2.05) is 23.1 Å². The predicted octanol–water partition coefficient (Wildman–Crippen LogP) is 2.76. The fourth-order valence-electron chi connectivity index (χ4n) is 2.55. The first kappa shape index (κ1) is 12.1. The van der Waals surface area contributed by atoms with Crippen LogP contribution in [0.15, 0.2) is 24.4 Å². The average Bonchev–Trinajstić information content (AvgIpc) is 3.15. The number of nitrogens with two attached hydrogens (primary N) is 1. The standard InChI is InChI=1S/C15H19N3O/c1-2-7-18(11-4-5-11)15(19)13-9-17-14-6-3-10(16)8-12(13)14/h3,6,8-9,11,17H,2,4-5,7,16H2,1H3. The van der Waals surface area contributed by atoms with Crippen LogP contribution in [0.5, 0.6) is 0 Å². The quantitative estimate of drug-likeness (QED) is 0.827. The third-order valence-corrected chi connectivity index (χ3v) is 3.65. The van der Waals surface area contributed by atoms with E-state index < -0.39 is 0 Å². The topological polar surface area (TPSA) is 62.1 Å². The average molecular weight is 257 g/mol. The van der Waals surface area contributed by atoms with Crippen LogP contribution in [-0.4, -0.2) is 28.4 Å². The summed E-state index contributed by atoms with van der Waals surface area (Å²) in [6.07, 6.45) is 5.07. The van der Waals surface area contributed by atoms with Gasteiger partial charge in [-0.3, -0.25) is 4.79 Å². The maximum absolute atomic E-state index is 12.7. The van der Waals surface area contributed by atoms with Crippen molar-refractivity contribution in [1.82, 2.24) is 9.88 Å². The van der Waals surface area contributed by atoms with E-state index >= 15 is 0 Å². The first-order valence-electron chi connectivity index (χ1n) is 6.88. The van der Waals surface area contributed by atoms with Crippen LogP contribution in [0, 0.1) is 0 Å². The third-order valence-electron chi connectivity index (χ3n) is 3.65. The molecule has 100 valence electrons. The van der Waals surface area contributed by atoms with Gasteiger partial charge in [-0.25, -0.2) is 0 Å². The molecule has 1 aliphatic rings. The van der Waals surface area contributed by atoms with Gasteiger partial charge in [0, 0.05) is 35.4 Å². The Bertz CT molecular complexity index is 613. The van der Waals surface area contributed by atoms with E-state index in [1.54, 1.807) is 6.20 Å². The lowest BCUT2D eigenvalue weighted by Gasteiger charge is -2.21. The van der Waals surface area contributed by atoms with Gasteiger partial charge in [0.15, 0.2) is 0 Å². The second-order valence-electron chi connectivity index (χ2n) is 5.24. The van der Waals surface area contributed by atoms with E-state index in [2.05, 4.69) is 11.9 Å². The van der Waals surface area contributed by atoms with E-state index in [1.165, 1.54) is 0 Å². The molecule has 2 aromatic rings. The minimum Gasteiger partial charge on any atom is -0.399 e. The van der Waals surface area contributed by atoms with Crippen LogP contribution in [-0.2, 0) is 0 Å². The number of nitrogens with zero attached hydrogens (tertiary/aromatic N) is 1. The smallest absolute Gasteiger partial charge is 0.256 e. The van der Waals surface area contributed by atoms with Gasteiger partial charge in [-0.1, -0.05) is 6.92 Å². The zero-order chi connectivity index (χ0) is 13.4. The van der Waals surface area contributed by atoms with E-state index in [0.717, 1.165) is 42.3 Å². The zero-order valence-electron chi connectivity index (χ0n) is 11.1. The van der Waals surface area contributed by atoms with Crippen LogP contribution in [0.3, 0.4) is 0 Å². The van der Waals surface area contributed by atoms with Crippen LogP contribution in [0.1, 0.15) is 36.5 Å². The Morgan fingerprint density at radius 3 is 2.95 bits per heavy atom. The molecule has 0 radical (unpaired) electrons. The Morgan fingerprint density at radius 2 is 2.26 bits per heavy atom. The first-order valence-corrected chi connectivity index (χ1v) is 6.88. The number of carbonyl (C=O) groups is 1. The predicted molar refractivity (Wildman–Crippen MR) is 77.1 cm³/mol. The monoisotopic (exact) mass is 257 g/mol. The van der Waals surface area contributed by atoms with Crippen molar-refractivity contribution in [3.05, 3.63) is 30.0 Å². The van der Waals surface area contributed by atoms with Crippen molar-refractivity contribution < 1.29 is 4.79 Å². The molecule has 1 amide bonds. The molecule has 1 aromatic carbocycles. The molecule has 4 heteroatoms. The second kappa shape index (κ2) is 4.61. The zero-order valence-corrected chi connectivity index (χ0v) is 11.1. The molecule has 3 N–H and O–H groups in total. The van der Waals surface area contributed by atoms with Gasteiger partial charge >= 0.3 is 0 Å². The summed E-state index contributed by atoms with van der Waals surface area (Å²) in [5, 5.41) is 0.923. The summed E-state index contributed by atoms with van der Waals surface area (Å²) >= 11 is 0. The van der Waals surface area contributed by atoms with Crippen molar-refractivity contribution in [3.63, 3.8) is 0 Å². The molecule has 1 aliphatic carbocycles. The lowest BCUT2D eigenvalue weighted by atomic mass is 10.1. The second-order valence-corrected chi connectivity index (χ2v) is 5.24. The first-order chi connectivity index (χ1) is 9.20. The van der Waals surface area contributed by atoms with E-state index in [9.17, 15) is 4.79 Å². The van der Waals surface area contributed by atoms with Gasteiger partial charge in [-0.05, 0) is 37.5 Å². The number of fused-ring (bicyclic) bond motifs is 1. The molecule has 0 unspecified atom stereocenters. The van der Waals surface area contributed by atoms with Crippen molar-refractivity contribution >= 4 is 22.5 Å². The number of anilines is 1.